The van der Waals surface area contributed by atoms with Gasteiger partial charge in [0.15, 0.2) is 9.84 Å². The normalized spacial score (nSPS) is 19.4. The van der Waals surface area contributed by atoms with Gasteiger partial charge in [0, 0.05) is 19.2 Å². The van der Waals surface area contributed by atoms with Crippen molar-refractivity contribution in [2.75, 3.05) is 18.8 Å². The molecule has 0 aliphatic carbocycles. The quantitative estimate of drug-likeness (QED) is 0.778. The highest BCUT2D eigenvalue weighted by atomic mass is 32.2. The molecule has 23 heavy (non-hydrogen) atoms. The zero-order valence-electron chi connectivity index (χ0n) is 13.8. The van der Waals surface area contributed by atoms with E-state index < -0.39 is 15.1 Å². The van der Waals surface area contributed by atoms with Crippen LogP contribution < -0.4 is 0 Å². The summed E-state index contributed by atoms with van der Waals surface area (Å²) in [5.41, 5.74) is 0.960. The minimum atomic E-state index is -3.13. The van der Waals surface area contributed by atoms with Crippen LogP contribution >= 0.6 is 0 Å². The summed E-state index contributed by atoms with van der Waals surface area (Å²) in [5, 5.41) is -0.423. The first kappa shape index (κ1) is 17.7. The standard InChI is InChI=1S/C18H25NO3S/c1-15(2)14-23(21,22)17-9-6-12-19(13-17)18(20)11-10-16-7-4-3-5-8-16/h3-5,7-8,10-11,15,17H,6,9,12-14H2,1-2H3/b11-10+/t17-/m0/s1. The Balaban J connectivity index is 2.00. The van der Waals surface area contributed by atoms with Crippen LogP contribution in [0, 0.1) is 5.92 Å². The summed E-state index contributed by atoms with van der Waals surface area (Å²) in [5.74, 6) is 0.196. The maximum Gasteiger partial charge on any atom is 0.246 e. The Morgan fingerprint density at radius 1 is 1.30 bits per heavy atom. The maximum absolute atomic E-state index is 12.4. The van der Waals surface area contributed by atoms with Gasteiger partial charge in [0.1, 0.15) is 0 Å². The van der Waals surface area contributed by atoms with Crippen LogP contribution in [0.4, 0.5) is 0 Å². The number of benzene rings is 1. The van der Waals surface area contributed by atoms with Crippen LogP contribution in [-0.2, 0) is 14.6 Å². The molecule has 0 unspecified atom stereocenters. The Hall–Kier alpha value is -1.62. The number of amides is 1. The molecule has 1 aliphatic rings. The lowest BCUT2D eigenvalue weighted by molar-refractivity contribution is -0.126. The first-order chi connectivity index (χ1) is 10.9. The van der Waals surface area contributed by atoms with Crippen LogP contribution in [0.1, 0.15) is 32.3 Å². The molecule has 4 nitrogen and oxygen atoms in total. The van der Waals surface area contributed by atoms with Gasteiger partial charge in [-0.2, -0.15) is 0 Å². The van der Waals surface area contributed by atoms with Gasteiger partial charge in [-0.25, -0.2) is 8.42 Å². The molecule has 5 heteroatoms. The Kier molecular flexibility index (Phi) is 5.99. The van der Waals surface area contributed by atoms with E-state index in [9.17, 15) is 13.2 Å². The molecule has 0 N–H and O–H groups in total. The first-order valence-electron chi connectivity index (χ1n) is 8.12. The molecular weight excluding hydrogens is 310 g/mol. The molecule has 0 radical (unpaired) electrons. The van der Waals surface area contributed by atoms with Crippen LogP contribution in [0.5, 0.6) is 0 Å². The maximum atomic E-state index is 12.4. The van der Waals surface area contributed by atoms with Gasteiger partial charge in [-0.05, 0) is 30.4 Å². The van der Waals surface area contributed by atoms with Crippen molar-refractivity contribution in [1.29, 1.82) is 0 Å². The van der Waals surface area contributed by atoms with E-state index >= 15 is 0 Å². The molecule has 1 fully saturated rings. The fourth-order valence-corrected chi connectivity index (χ4v) is 5.00. The van der Waals surface area contributed by atoms with E-state index in [1.54, 1.807) is 11.0 Å². The highest BCUT2D eigenvalue weighted by molar-refractivity contribution is 7.92. The zero-order valence-corrected chi connectivity index (χ0v) is 14.6. The molecule has 1 atom stereocenters. The largest absolute Gasteiger partial charge is 0.338 e. The van der Waals surface area contributed by atoms with Gasteiger partial charge in [0.05, 0.1) is 11.0 Å². The molecule has 0 bridgehead atoms. The molecule has 0 aromatic heterocycles. The number of piperidine rings is 1. The third-order valence-corrected chi connectivity index (χ3v) is 6.51. The Bertz CT molecular complexity index is 650. The van der Waals surface area contributed by atoms with Crippen LogP contribution in [0.25, 0.3) is 6.08 Å². The van der Waals surface area contributed by atoms with Gasteiger partial charge < -0.3 is 4.90 Å². The summed E-state index contributed by atoms with van der Waals surface area (Å²) in [6, 6.07) is 9.61. The van der Waals surface area contributed by atoms with Crippen molar-refractivity contribution in [3.63, 3.8) is 0 Å². The van der Waals surface area contributed by atoms with Crippen LogP contribution in [-0.4, -0.2) is 43.3 Å². The number of likely N-dealkylation sites (tertiary alicyclic amines) is 1. The number of carbonyl (C=O) groups excluding carboxylic acids is 1. The lowest BCUT2D eigenvalue weighted by Crippen LogP contribution is -2.45. The van der Waals surface area contributed by atoms with Gasteiger partial charge in [-0.1, -0.05) is 44.2 Å². The minimum Gasteiger partial charge on any atom is -0.338 e. The third-order valence-electron chi connectivity index (χ3n) is 3.98. The highest BCUT2D eigenvalue weighted by Crippen LogP contribution is 2.20. The molecule has 1 heterocycles. The summed E-state index contributed by atoms with van der Waals surface area (Å²) >= 11 is 0. The summed E-state index contributed by atoms with van der Waals surface area (Å²) in [7, 11) is -3.13. The number of carbonyl (C=O) groups is 1. The fourth-order valence-electron chi connectivity index (χ4n) is 2.87. The van der Waals surface area contributed by atoms with Crippen molar-refractivity contribution in [3.05, 3.63) is 42.0 Å². The summed E-state index contributed by atoms with van der Waals surface area (Å²) in [6.45, 7) is 4.76. The zero-order chi connectivity index (χ0) is 16.9. The fraction of sp³-hybridized carbons (Fsp3) is 0.500. The molecule has 1 saturated heterocycles. The molecule has 126 valence electrons. The summed E-state index contributed by atoms with van der Waals surface area (Å²) in [4.78, 5) is 14.0. The Morgan fingerprint density at radius 2 is 2.00 bits per heavy atom. The molecule has 1 aliphatic heterocycles. The van der Waals surface area contributed by atoms with Gasteiger partial charge in [0.25, 0.3) is 0 Å². The second-order valence-electron chi connectivity index (χ2n) is 6.52. The highest BCUT2D eigenvalue weighted by Gasteiger charge is 2.32. The summed E-state index contributed by atoms with van der Waals surface area (Å²) < 4.78 is 24.8. The molecular formula is C18H25NO3S. The second-order valence-corrected chi connectivity index (χ2v) is 8.84. The second kappa shape index (κ2) is 7.77. The number of hydrogen-bond donors (Lipinski definition) is 0. The van der Waals surface area contributed by atoms with Gasteiger partial charge in [0.2, 0.25) is 5.91 Å². The topological polar surface area (TPSA) is 54.5 Å². The molecule has 1 aromatic rings. The lowest BCUT2D eigenvalue weighted by atomic mass is 10.1. The minimum absolute atomic E-state index is 0.113. The predicted molar refractivity (Wildman–Crippen MR) is 93.7 cm³/mol. The average molecular weight is 335 g/mol. The van der Waals surface area contributed by atoms with E-state index in [4.69, 9.17) is 0 Å². The summed E-state index contributed by atoms with van der Waals surface area (Å²) in [6.07, 6.45) is 4.70. The smallest absolute Gasteiger partial charge is 0.246 e. The molecule has 2 rings (SSSR count). The van der Waals surface area contributed by atoms with Crippen LogP contribution in [0.15, 0.2) is 36.4 Å². The van der Waals surface area contributed by atoms with Gasteiger partial charge in [-0.15, -0.1) is 0 Å². The molecule has 0 saturated carbocycles. The first-order valence-corrected chi connectivity index (χ1v) is 9.83. The van der Waals surface area contributed by atoms with Crippen LogP contribution in [0.3, 0.4) is 0 Å². The van der Waals surface area contributed by atoms with E-state index in [2.05, 4.69) is 0 Å². The number of sulfone groups is 1. The average Bonchev–Trinajstić information content (AvgIpc) is 2.52. The Morgan fingerprint density at radius 3 is 2.65 bits per heavy atom. The number of nitrogens with zero attached hydrogens (tertiary/aromatic N) is 1. The van der Waals surface area contributed by atoms with E-state index in [1.165, 1.54) is 6.08 Å². The monoisotopic (exact) mass is 335 g/mol. The van der Waals surface area contributed by atoms with Gasteiger partial charge >= 0.3 is 0 Å². The molecule has 1 aromatic carbocycles. The number of hydrogen-bond acceptors (Lipinski definition) is 3. The van der Waals surface area contributed by atoms with E-state index in [0.29, 0.717) is 19.5 Å². The van der Waals surface area contributed by atoms with E-state index in [-0.39, 0.29) is 17.6 Å². The van der Waals surface area contributed by atoms with Crippen molar-refractivity contribution in [3.8, 4) is 0 Å². The predicted octanol–water partition coefficient (Wildman–Crippen LogP) is 2.76. The van der Waals surface area contributed by atoms with Crippen LogP contribution in [0.2, 0.25) is 0 Å². The number of rotatable bonds is 5. The molecule has 1 amide bonds. The van der Waals surface area contributed by atoms with Crippen molar-refractivity contribution in [2.24, 2.45) is 5.92 Å². The SMILES string of the molecule is CC(C)CS(=O)(=O)[C@H]1CCCN(C(=O)/C=C/c2ccccc2)C1. The van der Waals surface area contributed by atoms with Crippen molar-refractivity contribution in [1.82, 2.24) is 4.90 Å². The van der Waals surface area contributed by atoms with E-state index in [1.807, 2.05) is 44.2 Å². The molecule has 0 spiro atoms. The Labute approximate surface area is 139 Å². The van der Waals surface area contributed by atoms with Crippen molar-refractivity contribution in [2.45, 2.75) is 31.9 Å². The van der Waals surface area contributed by atoms with Crippen molar-refractivity contribution >= 4 is 21.8 Å². The third kappa shape index (κ3) is 5.20. The lowest BCUT2D eigenvalue weighted by Gasteiger charge is -2.32. The van der Waals surface area contributed by atoms with Gasteiger partial charge in [-0.3, -0.25) is 4.79 Å². The van der Waals surface area contributed by atoms with E-state index in [0.717, 1.165) is 12.0 Å². The van der Waals surface area contributed by atoms with Crippen molar-refractivity contribution < 1.29 is 13.2 Å².